The summed E-state index contributed by atoms with van der Waals surface area (Å²) in [5.41, 5.74) is 3.75. The molecule has 53 heavy (non-hydrogen) atoms. The molecule has 2 saturated heterocycles. The molecule has 272 valence electrons. The molecule has 10 heteroatoms. The number of amides is 2. The third kappa shape index (κ3) is 7.66. The van der Waals surface area contributed by atoms with Gasteiger partial charge in [0.1, 0.15) is 30.1 Å². The molecule has 2 fully saturated rings. The predicted molar refractivity (Wildman–Crippen MR) is 197 cm³/mol. The molecule has 2 heterocycles. The number of aliphatic hydroxyl groups excluding tert-OH is 1. The lowest BCUT2D eigenvalue weighted by atomic mass is 9.91. The molecule has 3 N–H and O–H groups in total. The fourth-order valence-electron chi connectivity index (χ4n) is 7.33. The quantitative estimate of drug-likeness (QED) is 0.179. The van der Waals surface area contributed by atoms with Gasteiger partial charge in [-0.3, -0.25) is 9.59 Å². The van der Waals surface area contributed by atoms with Crippen LogP contribution in [0.2, 0.25) is 0 Å². The topological polar surface area (TPSA) is 135 Å². The fourth-order valence-corrected chi connectivity index (χ4v) is 7.33. The summed E-state index contributed by atoms with van der Waals surface area (Å²) in [6.45, 7) is 0.292. The SMILES string of the molecule is O=C(O[C@@H]1CC(C(=O)N2CCC[C@@H]2C(=O)NCCO)=C[C@H]2OC(c3ccccc3)(c3ccccc3)O[C@H]21)c1cccc(C=CCc2ccccc2O)c1. The van der Waals surface area contributed by atoms with Gasteiger partial charge in [0, 0.05) is 36.2 Å². The Morgan fingerprint density at radius 2 is 1.62 bits per heavy atom. The molecule has 10 nitrogen and oxygen atoms in total. The molecule has 4 aromatic carbocycles. The van der Waals surface area contributed by atoms with E-state index in [2.05, 4.69) is 5.32 Å². The van der Waals surface area contributed by atoms with Gasteiger partial charge < -0.3 is 34.6 Å². The summed E-state index contributed by atoms with van der Waals surface area (Å²) in [4.78, 5) is 42.6. The maximum Gasteiger partial charge on any atom is 0.338 e. The Labute approximate surface area is 308 Å². The van der Waals surface area contributed by atoms with Crippen molar-refractivity contribution in [2.24, 2.45) is 0 Å². The maximum absolute atomic E-state index is 14.2. The molecule has 2 aliphatic heterocycles. The number of carbonyl (C=O) groups excluding carboxylic acids is 3. The van der Waals surface area contributed by atoms with Crippen LogP contribution in [-0.2, 0) is 36.0 Å². The van der Waals surface area contributed by atoms with Crippen LogP contribution in [0.5, 0.6) is 5.75 Å². The largest absolute Gasteiger partial charge is 0.508 e. The van der Waals surface area contributed by atoms with Gasteiger partial charge in [0.05, 0.1) is 12.2 Å². The molecule has 7 rings (SSSR count). The molecule has 3 aliphatic rings. The van der Waals surface area contributed by atoms with Crippen LogP contribution >= 0.6 is 0 Å². The molecular formula is C43H42N2O8. The van der Waals surface area contributed by atoms with Crippen molar-refractivity contribution >= 4 is 23.9 Å². The van der Waals surface area contributed by atoms with Crippen molar-refractivity contribution in [3.05, 3.63) is 155 Å². The van der Waals surface area contributed by atoms with Crippen molar-refractivity contribution in [3.63, 3.8) is 0 Å². The Hall–Kier alpha value is -5.55. The monoisotopic (exact) mass is 714 g/mol. The minimum Gasteiger partial charge on any atom is -0.508 e. The Morgan fingerprint density at radius 1 is 0.906 bits per heavy atom. The number of fused-ring (bicyclic) bond motifs is 1. The lowest BCUT2D eigenvalue weighted by Crippen LogP contribution is -2.49. The number of likely N-dealkylation sites (tertiary alicyclic amines) is 1. The van der Waals surface area contributed by atoms with Crippen LogP contribution in [0.1, 0.15) is 51.9 Å². The first-order valence-corrected chi connectivity index (χ1v) is 18.0. The average Bonchev–Trinajstić information content (AvgIpc) is 3.85. The molecule has 0 aromatic heterocycles. The van der Waals surface area contributed by atoms with Gasteiger partial charge in [-0.25, -0.2) is 4.79 Å². The highest BCUT2D eigenvalue weighted by Gasteiger charge is 2.55. The Bertz CT molecular complexity index is 1960. The highest BCUT2D eigenvalue weighted by Crippen LogP contribution is 2.47. The fraction of sp³-hybridized carbons (Fsp3) is 0.279. The maximum atomic E-state index is 14.2. The van der Waals surface area contributed by atoms with E-state index in [0.717, 1.165) is 22.3 Å². The Morgan fingerprint density at radius 3 is 2.34 bits per heavy atom. The normalized spacial score (nSPS) is 21.9. The van der Waals surface area contributed by atoms with Crippen molar-refractivity contribution in [2.45, 2.75) is 55.8 Å². The molecule has 1 aliphatic carbocycles. The number of allylic oxidation sites excluding steroid dienone is 1. The van der Waals surface area contributed by atoms with Gasteiger partial charge in [-0.15, -0.1) is 0 Å². The summed E-state index contributed by atoms with van der Waals surface area (Å²) in [5, 5.41) is 22.1. The van der Waals surface area contributed by atoms with Crippen LogP contribution in [-0.4, -0.2) is 76.9 Å². The number of carbonyl (C=O) groups is 3. The van der Waals surface area contributed by atoms with Crippen LogP contribution in [0.4, 0.5) is 0 Å². The number of phenolic OH excluding ortho intramolecular Hbond substituents is 1. The highest BCUT2D eigenvalue weighted by molar-refractivity contribution is 5.98. The molecule has 0 bridgehead atoms. The van der Waals surface area contributed by atoms with E-state index >= 15 is 0 Å². The van der Waals surface area contributed by atoms with Crippen molar-refractivity contribution in [2.75, 3.05) is 19.7 Å². The van der Waals surface area contributed by atoms with E-state index in [4.69, 9.17) is 14.2 Å². The van der Waals surface area contributed by atoms with Crippen molar-refractivity contribution in [1.29, 1.82) is 0 Å². The lowest BCUT2D eigenvalue weighted by molar-refractivity contribution is -0.157. The van der Waals surface area contributed by atoms with E-state index in [0.29, 0.717) is 36.9 Å². The zero-order valence-corrected chi connectivity index (χ0v) is 29.2. The number of nitrogens with zero attached hydrogens (tertiary/aromatic N) is 1. The first kappa shape index (κ1) is 35.8. The summed E-state index contributed by atoms with van der Waals surface area (Å²) < 4.78 is 20.0. The van der Waals surface area contributed by atoms with Crippen LogP contribution < -0.4 is 5.32 Å². The Kier molecular flexibility index (Phi) is 10.8. The summed E-state index contributed by atoms with van der Waals surface area (Å²) in [6.07, 6.45) is 4.83. The summed E-state index contributed by atoms with van der Waals surface area (Å²) >= 11 is 0. The van der Waals surface area contributed by atoms with Gasteiger partial charge in [0.25, 0.3) is 0 Å². The summed E-state index contributed by atoms with van der Waals surface area (Å²) in [6, 6.07) is 32.6. The van der Waals surface area contributed by atoms with E-state index < -0.39 is 36.1 Å². The number of nitrogens with one attached hydrogen (secondary N) is 1. The second-order valence-electron chi connectivity index (χ2n) is 13.4. The average molecular weight is 715 g/mol. The number of hydrogen-bond donors (Lipinski definition) is 3. The number of aliphatic hydroxyl groups is 1. The van der Waals surface area contributed by atoms with Crippen LogP contribution in [0, 0.1) is 0 Å². The lowest BCUT2D eigenvalue weighted by Gasteiger charge is -2.33. The number of rotatable bonds is 11. The van der Waals surface area contributed by atoms with E-state index in [1.54, 1.807) is 41.3 Å². The molecule has 4 aromatic rings. The van der Waals surface area contributed by atoms with Crippen LogP contribution in [0.3, 0.4) is 0 Å². The van der Waals surface area contributed by atoms with E-state index in [9.17, 15) is 24.6 Å². The number of hydrogen-bond acceptors (Lipinski definition) is 8. The number of para-hydroxylation sites is 1. The standard InChI is InChI=1S/C43H42N2O8/c46-25-23-44-40(48)35-21-11-24-45(35)41(49)32-27-37(51-42(50)31-16-10-13-29(26-31)12-9-15-30-14-7-8-22-36(30)47)39-38(28-32)52-43(53-39,33-17-3-1-4-18-33)34-19-5-2-6-20-34/h1-10,12-14,16-20,22,26,28,35,37-39,46-47H,11,15,21,23-25,27H2,(H,44,48)/t35-,37-,38-,39+/m1/s1. The van der Waals surface area contributed by atoms with E-state index in [1.165, 1.54) is 0 Å². The molecular weight excluding hydrogens is 672 g/mol. The van der Waals surface area contributed by atoms with Gasteiger partial charge in [0.15, 0.2) is 0 Å². The van der Waals surface area contributed by atoms with Gasteiger partial charge in [-0.2, -0.15) is 0 Å². The van der Waals surface area contributed by atoms with Crippen LogP contribution in [0.25, 0.3) is 6.08 Å². The van der Waals surface area contributed by atoms with Gasteiger partial charge in [-0.1, -0.05) is 103 Å². The predicted octanol–water partition coefficient (Wildman–Crippen LogP) is 5.29. The first-order valence-electron chi connectivity index (χ1n) is 18.0. The van der Waals surface area contributed by atoms with Crippen molar-refractivity contribution in [3.8, 4) is 5.75 Å². The first-order chi connectivity index (χ1) is 25.9. The van der Waals surface area contributed by atoms with Crippen molar-refractivity contribution < 1.29 is 38.8 Å². The van der Waals surface area contributed by atoms with Crippen LogP contribution in [0.15, 0.2) is 127 Å². The Balaban J connectivity index is 1.18. The molecule has 0 unspecified atom stereocenters. The molecule has 2 amide bonds. The summed E-state index contributed by atoms with van der Waals surface area (Å²) in [7, 11) is 0. The third-order valence-corrected chi connectivity index (χ3v) is 9.91. The van der Waals surface area contributed by atoms with Gasteiger partial charge in [0.2, 0.25) is 17.6 Å². The van der Waals surface area contributed by atoms with Gasteiger partial charge >= 0.3 is 5.97 Å². The molecule has 4 atom stereocenters. The van der Waals surface area contributed by atoms with E-state index in [-0.39, 0.29) is 37.1 Å². The zero-order valence-electron chi connectivity index (χ0n) is 29.2. The van der Waals surface area contributed by atoms with Crippen molar-refractivity contribution in [1.82, 2.24) is 10.2 Å². The zero-order chi connectivity index (χ0) is 36.8. The minimum absolute atomic E-state index is 0.0520. The third-order valence-electron chi connectivity index (χ3n) is 9.91. The molecule has 0 saturated carbocycles. The number of benzene rings is 4. The molecule has 0 spiro atoms. The number of esters is 1. The number of ether oxygens (including phenoxy) is 3. The minimum atomic E-state index is -1.35. The van der Waals surface area contributed by atoms with E-state index in [1.807, 2.05) is 91.0 Å². The second kappa shape index (κ2) is 16.0. The smallest absolute Gasteiger partial charge is 0.338 e. The highest BCUT2D eigenvalue weighted by atomic mass is 16.8. The molecule has 0 radical (unpaired) electrons. The number of phenols is 1. The van der Waals surface area contributed by atoms with Gasteiger partial charge in [-0.05, 0) is 54.7 Å². The summed E-state index contributed by atoms with van der Waals surface area (Å²) in [5.74, 6) is -2.36. The number of aromatic hydroxyl groups is 1. The second-order valence-corrected chi connectivity index (χ2v) is 13.4.